The molecule has 0 aliphatic carbocycles. The quantitative estimate of drug-likeness (QED) is 0.620. The van der Waals surface area contributed by atoms with E-state index in [9.17, 15) is 4.79 Å². The summed E-state index contributed by atoms with van der Waals surface area (Å²) in [6.07, 6.45) is 8.61. The highest BCUT2D eigenvalue weighted by Gasteiger charge is 2.06. The lowest BCUT2D eigenvalue weighted by atomic mass is 10.2. The van der Waals surface area contributed by atoms with Crippen LogP contribution in [-0.2, 0) is 11.3 Å². The SMILES string of the molecule is O=C(O)CCCC[n+]1ccc(-c2ncccn2)cn1. The smallest absolute Gasteiger partial charge is 0.303 e. The van der Waals surface area contributed by atoms with Gasteiger partial charge in [-0.3, -0.25) is 4.79 Å². The second-order valence-electron chi connectivity index (χ2n) is 4.10. The minimum atomic E-state index is -0.755. The van der Waals surface area contributed by atoms with E-state index < -0.39 is 5.97 Å². The molecule has 0 aliphatic rings. The van der Waals surface area contributed by atoms with Gasteiger partial charge < -0.3 is 5.11 Å². The maximum atomic E-state index is 10.4. The fraction of sp³-hybridized carbons (Fsp3) is 0.308. The summed E-state index contributed by atoms with van der Waals surface area (Å²) in [6.45, 7) is 0.712. The van der Waals surface area contributed by atoms with Gasteiger partial charge in [0.1, 0.15) is 6.20 Å². The summed E-state index contributed by atoms with van der Waals surface area (Å²) < 4.78 is 1.79. The number of rotatable bonds is 6. The van der Waals surface area contributed by atoms with Crippen LogP contribution in [0.15, 0.2) is 36.9 Å². The van der Waals surface area contributed by atoms with E-state index >= 15 is 0 Å². The molecule has 0 aromatic carbocycles. The van der Waals surface area contributed by atoms with Gasteiger partial charge in [0.05, 0.1) is 0 Å². The van der Waals surface area contributed by atoms with Crippen molar-refractivity contribution in [2.24, 2.45) is 0 Å². The van der Waals surface area contributed by atoms with Crippen LogP contribution in [0.4, 0.5) is 0 Å². The van der Waals surface area contributed by atoms with Gasteiger partial charge in [-0.05, 0) is 17.6 Å². The first-order chi connectivity index (χ1) is 9.25. The van der Waals surface area contributed by atoms with Crippen molar-refractivity contribution in [2.75, 3.05) is 0 Å². The Bertz CT molecular complexity index is 528. The van der Waals surface area contributed by atoms with Crippen molar-refractivity contribution in [2.45, 2.75) is 25.8 Å². The number of carboxylic acid groups (broad SMARTS) is 1. The van der Waals surface area contributed by atoms with Crippen LogP contribution in [0, 0.1) is 0 Å². The third-order valence-electron chi connectivity index (χ3n) is 2.62. The van der Waals surface area contributed by atoms with Gasteiger partial charge in [-0.25, -0.2) is 9.97 Å². The lowest BCUT2D eigenvalue weighted by molar-refractivity contribution is -0.754. The molecular weight excluding hydrogens is 244 g/mol. The molecule has 2 heterocycles. The predicted molar refractivity (Wildman–Crippen MR) is 66.9 cm³/mol. The average molecular weight is 259 g/mol. The van der Waals surface area contributed by atoms with Crippen LogP contribution in [-0.4, -0.2) is 26.1 Å². The van der Waals surface area contributed by atoms with E-state index in [1.807, 2.05) is 12.3 Å². The first-order valence-corrected chi connectivity index (χ1v) is 6.10. The lowest BCUT2D eigenvalue weighted by Gasteiger charge is -1.97. The number of unbranched alkanes of at least 4 members (excludes halogenated alkanes) is 1. The number of carboxylic acids is 1. The summed E-state index contributed by atoms with van der Waals surface area (Å²) in [5.74, 6) is -0.109. The Hall–Kier alpha value is -2.37. The number of aromatic nitrogens is 4. The largest absolute Gasteiger partial charge is 0.481 e. The van der Waals surface area contributed by atoms with Crippen LogP contribution in [0.25, 0.3) is 11.4 Å². The number of hydrogen-bond donors (Lipinski definition) is 1. The third kappa shape index (κ3) is 4.09. The topological polar surface area (TPSA) is 79.9 Å². The maximum Gasteiger partial charge on any atom is 0.303 e. The first kappa shape index (κ1) is 13.1. The van der Waals surface area contributed by atoms with Crippen molar-refractivity contribution in [1.82, 2.24) is 15.1 Å². The minimum absolute atomic E-state index is 0.205. The summed E-state index contributed by atoms with van der Waals surface area (Å²) in [5.41, 5.74) is 0.863. The Morgan fingerprint density at radius 3 is 2.68 bits per heavy atom. The Morgan fingerprint density at radius 2 is 2.05 bits per heavy atom. The van der Waals surface area contributed by atoms with Gasteiger partial charge >= 0.3 is 5.97 Å². The molecule has 6 heteroatoms. The minimum Gasteiger partial charge on any atom is -0.481 e. The van der Waals surface area contributed by atoms with E-state index in [0.717, 1.165) is 12.0 Å². The molecule has 0 unspecified atom stereocenters. The summed E-state index contributed by atoms with van der Waals surface area (Å²) in [7, 11) is 0. The Kier molecular flexibility index (Phi) is 4.49. The van der Waals surface area contributed by atoms with Crippen molar-refractivity contribution in [3.05, 3.63) is 36.9 Å². The molecule has 0 aliphatic heterocycles. The van der Waals surface area contributed by atoms with Crippen LogP contribution in [0.2, 0.25) is 0 Å². The zero-order chi connectivity index (χ0) is 13.5. The number of carbonyl (C=O) groups is 1. The van der Waals surface area contributed by atoms with E-state index in [1.165, 1.54) is 0 Å². The van der Waals surface area contributed by atoms with Gasteiger partial charge in [-0.1, -0.05) is 4.68 Å². The zero-order valence-electron chi connectivity index (χ0n) is 10.4. The Balaban J connectivity index is 1.90. The maximum absolute atomic E-state index is 10.4. The van der Waals surface area contributed by atoms with Crippen molar-refractivity contribution < 1.29 is 14.6 Å². The van der Waals surface area contributed by atoms with Crippen molar-refractivity contribution >= 4 is 5.97 Å². The van der Waals surface area contributed by atoms with Gasteiger partial charge in [0, 0.05) is 36.9 Å². The summed E-state index contributed by atoms with van der Waals surface area (Å²) in [6, 6.07) is 3.67. The molecule has 0 radical (unpaired) electrons. The molecule has 0 bridgehead atoms. The van der Waals surface area contributed by atoms with Crippen LogP contribution < -0.4 is 4.68 Å². The highest BCUT2D eigenvalue weighted by atomic mass is 16.4. The Morgan fingerprint density at radius 1 is 1.26 bits per heavy atom. The molecule has 6 nitrogen and oxygen atoms in total. The molecule has 2 aromatic rings. The van der Waals surface area contributed by atoms with Crippen molar-refractivity contribution in [1.29, 1.82) is 0 Å². The molecule has 2 aromatic heterocycles. The molecule has 98 valence electrons. The summed E-state index contributed by atoms with van der Waals surface area (Å²) in [5, 5.41) is 12.8. The average Bonchev–Trinajstić information content (AvgIpc) is 2.45. The van der Waals surface area contributed by atoms with Crippen molar-refractivity contribution in [3.63, 3.8) is 0 Å². The molecule has 19 heavy (non-hydrogen) atoms. The second-order valence-corrected chi connectivity index (χ2v) is 4.10. The van der Waals surface area contributed by atoms with E-state index in [2.05, 4.69) is 15.1 Å². The number of nitrogens with zero attached hydrogens (tertiary/aromatic N) is 4. The first-order valence-electron chi connectivity index (χ1n) is 6.10. The van der Waals surface area contributed by atoms with Crippen molar-refractivity contribution in [3.8, 4) is 11.4 Å². The monoisotopic (exact) mass is 259 g/mol. The molecule has 0 amide bonds. The predicted octanol–water partition coefficient (Wildman–Crippen LogP) is 1.08. The third-order valence-corrected chi connectivity index (χ3v) is 2.62. The van der Waals surface area contributed by atoms with E-state index in [0.29, 0.717) is 18.8 Å². The molecule has 0 fully saturated rings. The van der Waals surface area contributed by atoms with E-state index in [-0.39, 0.29) is 6.42 Å². The molecule has 0 atom stereocenters. The summed E-state index contributed by atoms with van der Waals surface area (Å²) >= 11 is 0. The van der Waals surface area contributed by atoms with Crippen LogP contribution in [0.3, 0.4) is 0 Å². The zero-order valence-corrected chi connectivity index (χ0v) is 10.4. The fourth-order valence-corrected chi connectivity index (χ4v) is 1.65. The second kappa shape index (κ2) is 6.53. The molecule has 1 N–H and O–H groups in total. The molecule has 2 rings (SSSR count). The highest BCUT2D eigenvalue weighted by Crippen LogP contribution is 2.09. The van der Waals surface area contributed by atoms with Crippen LogP contribution >= 0.6 is 0 Å². The molecule has 0 spiro atoms. The molecular formula is C13H15N4O2+. The highest BCUT2D eigenvalue weighted by molar-refractivity contribution is 5.66. The van der Waals surface area contributed by atoms with Crippen LogP contribution in [0.1, 0.15) is 19.3 Å². The molecule has 0 saturated heterocycles. The lowest BCUT2D eigenvalue weighted by Crippen LogP contribution is -2.37. The van der Waals surface area contributed by atoms with Gasteiger partial charge in [-0.15, -0.1) is 0 Å². The Labute approximate surface area is 110 Å². The van der Waals surface area contributed by atoms with E-state index in [1.54, 1.807) is 29.3 Å². The van der Waals surface area contributed by atoms with Gasteiger partial charge in [-0.2, -0.15) is 0 Å². The summed E-state index contributed by atoms with van der Waals surface area (Å²) in [4.78, 5) is 18.7. The van der Waals surface area contributed by atoms with E-state index in [4.69, 9.17) is 5.11 Å². The van der Waals surface area contributed by atoms with Gasteiger partial charge in [0.15, 0.2) is 18.6 Å². The molecule has 0 saturated carbocycles. The van der Waals surface area contributed by atoms with Gasteiger partial charge in [0.25, 0.3) is 0 Å². The van der Waals surface area contributed by atoms with Crippen LogP contribution in [0.5, 0.6) is 0 Å². The van der Waals surface area contributed by atoms with Gasteiger partial charge in [0.2, 0.25) is 0 Å². The number of aryl methyl sites for hydroxylation is 1. The number of hydrogen-bond acceptors (Lipinski definition) is 4. The number of aliphatic carboxylic acids is 1. The normalized spacial score (nSPS) is 10.3. The fourth-order valence-electron chi connectivity index (χ4n) is 1.65. The standard InChI is InChI=1S/C13H14N4O2/c18-12(19)4-1-2-8-17-9-5-11(10-16-17)13-14-6-3-7-15-13/h3,5-7,9-10H,1-2,4,8H2/p+1.